The number of benzene rings is 1. The van der Waals surface area contributed by atoms with Crippen LogP contribution in [0.15, 0.2) is 18.2 Å². The molecule has 2 N–H and O–H groups in total. The van der Waals surface area contributed by atoms with Crippen LogP contribution in [-0.2, 0) is 18.9 Å². The quantitative estimate of drug-likeness (QED) is 0.232. The van der Waals surface area contributed by atoms with Crippen LogP contribution in [0.1, 0.15) is 288 Å². The van der Waals surface area contributed by atoms with E-state index in [1.165, 1.54) is 90.9 Å². The number of ether oxygens (including phenoxy) is 6. The van der Waals surface area contributed by atoms with Crippen molar-refractivity contribution in [3.8, 4) is 11.5 Å². The van der Waals surface area contributed by atoms with Gasteiger partial charge in [-0.2, -0.15) is 0 Å². The van der Waals surface area contributed by atoms with Gasteiger partial charge in [-0.3, -0.25) is 34.3 Å². The molecule has 0 amide bonds. The first-order valence-corrected chi connectivity index (χ1v) is 42.2. The Morgan fingerprint density at radius 1 is 0.377 bits per heavy atom. The highest BCUT2D eigenvalue weighted by molar-refractivity contribution is 5.55. The third kappa shape index (κ3) is 58.0. The predicted molar refractivity (Wildman–Crippen MR) is 471 cm³/mol. The summed E-state index contributed by atoms with van der Waals surface area (Å²) in [6.07, 6.45) is 8.76. The lowest BCUT2D eigenvalue weighted by molar-refractivity contribution is -0.00389. The van der Waals surface area contributed by atoms with Crippen molar-refractivity contribution in [3.05, 3.63) is 18.2 Å². The Bertz CT molecular complexity index is 2080. The zero-order valence-electron chi connectivity index (χ0n) is 79.9. The molecule has 1 aromatic rings. The van der Waals surface area contributed by atoms with Crippen LogP contribution in [0.2, 0.25) is 0 Å². The van der Waals surface area contributed by atoms with E-state index in [1.807, 2.05) is 73.6 Å². The minimum atomic E-state index is 0.0413. The number of methoxy groups -OCH3 is 4. The lowest BCUT2D eigenvalue weighted by Crippen LogP contribution is -2.47. The number of morpholine rings is 2. The number of likely N-dealkylation sites (tertiary alicyclic amines) is 5. The van der Waals surface area contributed by atoms with Crippen molar-refractivity contribution in [3.63, 3.8) is 0 Å². The van der Waals surface area contributed by atoms with Gasteiger partial charge in [0.1, 0.15) is 0 Å². The third-order valence-electron chi connectivity index (χ3n) is 18.6. The van der Waals surface area contributed by atoms with Crippen LogP contribution in [0.25, 0.3) is 0 Å². The van der Waals surface area contributed by atoms with E-state index < -0.39 is 0 Å². The standard InChI is InChI=1S/C12H19NO2.C10H22N2O.2C10H22N2.2C9H19NO.C8H17NO.C8H17N.C5H12.4C2H6/c1-12(2,3)13-9-6-7-10(14-4)11(8-9)15-5;1-10(2,3)11-4-5-12-6-8-13-9-7-12;2*1-10(2,3)12-7-6-9(8-12)11(4)5;2*1-9(2,3)10-6-5-8(7-10)11-4;1-8(2,3)9-4-6-10-7-5-9;1-8(2,3)9-6-4-5-7-9;1-5(2,3)4;4*1-2/h6-8,13H,1-5H3;11H,4-9H2,1-3H3;2*9H,6-8H2,1-5H3;2*8H,5-7H2,1-4H3;4-7H2,1-3H3;4-7H2,1-3H3;1-4H3;4*1-2H3/t;;2*9-;2*8-;;;;;;;/m..1010......./s1. The second-order valence-corrected chi connectivity index (χ2v) is 38.3. The van der Waals surface area contributed by atoms with Crippen molar-refractivity contribution in [1.29, 1.82) is 0 Å². The summed E-state index contributed by atoms with van der Waals surface area (Å²) in [4.78, 5) is 22.2. The van der Waals surface area contributed by atoms with Crippen molar-refractivity contribution in [1.82, 2.24) is 49.4 Å². The van der Waals surface area contributed by atoms with Gasteiger partial charge in [-0.15, -0.1) is 0 Å². The molecule has 0 saturated carbocycles. The molecule has 106 heavy (non-hydrogen) atoms. The Morgan fingerprint density at radius 2 is 0.679 bits per heavy atom. The van der Waals surface area contributed by atoms with Crippen LogP contribution in [0, 0.1) is 5.41 Å². The van der Waals surface area contributed by atoms with E-state index in [0.29, 0.717) is 50.9 Å². The molecule has 0 unspecified atom stereocenters. The molecule has 1 aromatic carbocycles. The Hall–Kier alpha value is -1.94. The van der Waals surface area contributed by atoms with Gasteiger partial charge in [-0.25, -0.2) is 0 Å². The van der Waals surface area contributed by atoms with Crippen molar-refractivity contribution >= 4 is 5.69 Å². The first-order chi connectivity index (χ1) is 48.6. The zero-order chi connectivity index (χ0) is 83.9. The Morgan fingerprint density at radius 3 is 0.906 bits per heavy atom. The molecule has 7 fully saturated rings. The molecule has 640 valence electrons. The second kappa shape index (κ2) is 57.1. The fourth-order valence-electron chi connectivity index (χ4n) is 12.0. The van der Waals surface area contributed by atoms with E-state index in [2.05, 4.69) is 277 Å². The fourth-order valence-corrected chi connectivity index (χ4v) is 12.0. The number of anilines is 1. The van der Waals surface area contributed by atoms with Crippen LogP contribution < -0.4 is 20.1 Å². The Labute approximate surface area is 664 Å². The van der Waals surface area contributed by atoms with Crippen molar-refractivity contribution in [2.45, 2.75) is 356 Å². The maximum absolute atomic E-state index is 5.29. The minimum absolute atomic E-state index is 0.0413. The van der Waals surface area contributed by atoms with Crippen LogP contribution in [0.3, 0.4) is 0 Å². The summed E-state index contributed by atoms with van der Waals surface area (Å²) in [5.41, 5.74) is 3.88. The number of nitrogens with one attached hydrogen (secondary N) is 2. The van der Waals surface area contributed by atoms with Gasteiger partial charge >= 0.3 is 0 Å². The highest BCUT2D eigenvalue weighted by Crippen LogP contribution is 2.31. The molecule has 17 heteroatoms. The summed E-state index contributed by atoms with van der Waals surface area (Å²) >= 11 is 0. The SMILES string of the molecule is CC.CC.CC.CC.CC(C)(C)C.CC(C)(C)N1CCCC1.CC(C)(C)N1CCOCC1.CC(C)(C)NCCN1CCOCC1.CN(C)[C@@H]1CCN(C(C)(C)C)C1.CN(C)[C@H]1CCN(C(C)(C)C)C1.CO[C@@H]1CCN(C(C)(C)C)C1.CO[C@H]1CCN(C(C)(C)C)C1.COc1ccc(NC(C)(C)C)cc1OC. The van der Waals surface area contributed by atoms with E-state index in [0.717, 1.165) is 108 Å². The highest BCUT2D eigenvalue weighted by atomic mass is 16.5. The predicted octanol–water partition coefficient (Wildman–Crippen LogP) is 18.6. The zero-order valence-corrected chi connectivity index (χ0v) is 79.9. The molecule has 7 heterocycles. The molecule has 17 nitrogen and oxygen atoms in total. The maximum Gasteiger partial charge on any atom is 0.162 e. The summed E-state index contributed by atoms with van der Waals surface area (Å²) in [6, 6.07) is 7.34. The van der Waals surface area contributed by atoms with Crippen LogP contribution in [-0.4, -0.2) is 300 Å². The summed E-state index contributed by atoms with van der Waals surface area (Å²) < 4.78 is 31.5. The van der Waals surface area contributed by atoms with Gasteiger partial charge in [0, 0.05) is 174 Å². The number of likely N-dealkylation sites (N-methyl/N-ethyl adjacent to an activating group) is 2. The average molecular weight is 1510 g/mol. The Balaban J connectivity index is -0.000000359. The van der Waals surface area contributed by atoms with Crippen molar-refractivity contribution < 1.29 is 28.4 Å². The number of hydrogen-bond acceptors (Lipinski definition) is 17. The summed E-state index contributed by atoms with van der Waals surface area (Å²) in [5, 5.41) is 6.86. The highest BCUT2D eigenvalue weighted by Gasteiger charge is 2.34. The maximum atomic E-state index is 5.29. The largest absolute Gasteiger partial charge is 0.493 e. The van der Waals surface area contributed by atoms with Crippen LogP contribution in [0.5, 0.6) is 11.5 Å². The van der Waals surface area contributed by atoms with E-state index in [4.69, 9.17) is 28.4 Å². The van der Waals surface area contributed by atoms with Gasteiger partial charge in [0.05, 0.1) is 52.9 Å². The molecule has 7 aliphatic heterocycles. The average Bonchev–Trinajstić information content (AvgIpc) is 1.41. The van der Waals surface area contributed by atoms with Crippen molar-refractivity contribution in [2.75, 3.05) is 193 Å². The smallest absolute Gasteiger partial charge is 0.162 e. The summed E-state index contributed by atoms with van der Waals surface area (Å²) in [6.45, 7) is 101. The molecule has 0 aliphatic carbocycles. The van der Waals surface area contributed by atoms with Gasteiger partial charge < -0.3 is 48.9 Å². The topological polar surface area (TPSA) is 109 Å². The molecular formula is C89H193N11O6. The van der Waals surface area contributed by atoms with Crippen LogP contribution in [0.4, 0.5) is 5.69 Å². The normalized spacial score (nSPS) is 20.9. The van der Waals surface area contributed by atoms with Gasteiger partial charge in [0.15, 0.2) is 11.5 Å². The second-order valence-electron chi connectivity index (χ2n) is 38.3. The van der Waals surface area contributed by atoms with E-state index in [1.54, 1.807) is 28.4 Å². The van der Waals surface area contributed by atoms with E-state index in [9.17, 15) is 0 Å². The molecule has 7 saturated heterocycles. The van der Waals surface area contributed by atoms with Gasteiger partial charge in [-0.05, 0) is 264 Å². The minimum Gasteiger partial charge on any atom is -0.493 e. The van der Waals surface area contributed by atoms with Crippen molar-refractivity contribution in [2.24, 2.45) is 5.41 Å². The van der Waals surface area contributed by atoms with Gasteiger partial charge in [0.25, 0.3) is 0 Å². The fraction of sp³-hybridized carbons (Fsp3) is 0.933. The van der Waals surface area contributed by atoms with E-state index in [-0.39, 0.29) is 11.1 Å². The summed E-state index contributed by atoms with van der Waals surface area (Å²) in [7, 11) is 15.6. The third-order valence-corrected chi connectivity index (χ3v) is 18.6. The molecule has 0 bridgehead atoms. The number of nitrogens with zero attached hydrogens (tertiary/aromatic N) is 9. The first kappa shape index (κ1) is 113. The van der Waals surface area contributed by atoms with Gasteiger partial charge in [-0.1, -0.05) is 83.1 Å². The molecule has 0 radical (unpaired) electrons. The number of rotatable bonds is 10. The molecule has 7 aliphatic rings. The monoisotopic (exact) mass is 1510 g/mol. The Kier molecular flexibility index (Phi) is 60.7. The summed E-state index contributed by atoms with van der Waals surface area (Å²) in [5.74, 6) is 1.49. The lowest BCUT2D eigenvalue weighted by atomic mass is 10.0. The number of hydrogen-bond donors (Lipinski definition) is 2. The molecular weight excluding hydrogens is 1320 g/mol. The molecule has 0 spiro atoms. The van der Waals surface area contributed by atoms with Crippen LogP contribution >= 0.6 is 0 Å². The first-order valence-electron chi connectivity index (χ1n) is 42.2. The molecule has 4 atom stereocenters. The molecule has 0 aromatic heterocycles. The molecule has 8 rings (SSSR count). The van der Waals surface area contributed by atoms with E-state index >= 15 is 0 Å². The van der Waals surface area contributed by atoms with Gasteiger partial charge in [0.2, 0.25) is 0 Å². The lowest BCUT2D eigenvalue weighted by Gasteiger charge is -2.38.